The number of H-pyrrole nitrogens is 1. The second-order valence-corrected chi connectivity index (χ2v) is 11.9. The number of pyridine rings is 1. The number of carbonyl (C=O) groups is 2. The van der Waals surface area contributed by atoms with Gasteiger partial charge in [-0.15, -0.1) is 0 Å². The smallest absolute Gasteiger partial charge is 0.255 e. The van der Waals surface area contributed by atoms with E-state index < -0.39 is 11.4 Å². The van der Waals surface area contributed by atoms with Crippen LogP contribution in [0.3, 0.4) is 0 Å². The zero-order valence-electron chi connectivity index (χ0n) is 25.0. The number of halogens is 1. The maximum absolute atomic E-state index is 13.8. The molecule has 8 nitrogen and oxygen atoms in total. The molecular formula is C36H34FN5O3. The number of para-hydroxylation sites is 2. The molecule has 1 unspecified atom stereocenters. The van der Waals surface area contributed by atoms with Crippen LogP contribution in [-0.4, -0.2) is 39.0 Å². The number of nitrogens with zero attached hydrogens (tertiary/aromatic N) is 1. The fourth-order valence-electron chi connectivity index (χ4n) is 5.82. The van der Waals surface area contributed by atoms with Crippen molar-refractivity contribution in [3.8, 4) is 17.0 Å². The molecule has 228 valence electrons. The van der Waals surface area contributed by atoms with Gasteiger partial charge < -0.3 is 26.0 Å². The van der Waals surface area contributed by atoms with Gasteiger partial charge in [0.2, 0.25) is 0 Å². The van der Waals surface area contributed by atoms with Crippen LogP contribution in [-0.2, 0) is 12.8 Å². The predicted molar refractivity (Wildman–Crippen MR) is 172 cm³/mol. The van der Waals surface area contributed by atoms with Gasteiger partial charge in [0.25, 0.3) is 11.8 Å². The number of aromatic nitrogens is 2. The Hall–Kier alpha value is -5.44. The minimum Gasteiger partial charge on any atom is -0.507 e. The van der Waals surface area contributed by atoms with Gasteiger partial charge in [0.05, 0.1) is 22.5 Å². The van der Waals surface area contributed by atoms with E-state index in [9.17, 15) is 19.1 Å². The van der Waals surface area contributed by atoms with Gasteiger partial charge in [-0.25, -0.2) is 4.39 Å². The number of carbonyl (C=O) groups excluding carboxylic acids is 2. The number of phenolic OH excluding ortho intramolecular Hbond substituents is 1. The first-order chi connectivity index (χ1) is 21.7. The number of benzene rings is 3. The van der Waals surface area contributed by atoms with E-state index in [1.807, 2.05) is 56.3 Å². The molecule has 1 atom stereocenters. The van der Waals surface area contributed by atoms with E-state index in [1.165, 1.54) is 18.2 Å². The molecule has 0 spiro atoms. The van der Waals surface area contributed by atoms with Gasteiger partial charge in [-0.05, 0) is 74.4 Å². The number of hydrogen-bond donors (Lipinski definition) is 5. The van der Waals surface area contributed by atoms with Crippen LogP contribution >= 0.6 is 0 Å². The normalized spacial score (nSPS) is 14.2. The summed E-state index contributed by atoms with van der Waals surface area (Å²) in [7, 11) is 0. The number of fused-ring (bicyclic) bond motifs is 1. The van der Waals surface area contributed by atoms with Crippen molar-refractivity contribution in [3.63, 3.8) is 0 Å². The van der Waals surface area contributed by atoms with E-state index in [0.29, 0.717) is 24.1 Å². The molecule has 5 aromatic rings. The summed E-state index contributed by atoms with van der Waals surface area (Å²) >= 11 is 0. The summed E-state index contributed by atoms with van der Waals surface area (Å²) in [6, 6.07) is 26.1. The third-order valence-electron chi connectivity index (χ3n) is 7.98. The van der Waals surface area contributed by atoms with Crippen LogP contribution < -0.4 is 16.0 Å². The lowest BCUT2D eigenvalue weighted by molar-refractivity contribution is 0.0896. The van der Waals surface area contributed by atoms with Gasteiger partial charge in [-0.1, -0.05) is 42.5 Å². The van der Waals surface area contributed by atoms with Gasteiger partial charge in [-0.2, -0.15) is 0 Å². The van der Waals surface area contributed by atoms with Crippen LogP contribution in [0.15, 0.2) is 97.2 Å². The van der Waals surface area contributed by atoms with Crippen LogP contribution in [0.25, 0.3) is 11.3 Å². The monoisotopic (exact) mass is 603 g/mol. The van der Waals surface area contributed by atoms with Gasteiger partial charge in [0.1, 0.15) is 11.6 Å². The van der Waals surface area contributed by atoms with E-state index >= 15 is 0 Å². The third-order valence-corrected chi connectivity index (χ3v) is 7.98. The summed E-state index contributed by atoms with van der Waals surface area (Å²) in [6.07, 6.45) is 2.80. The van der Waals surface area contributed by atoms with Crippen molar-refractivity contribution in [1.29, 1.82) is 0 Å². The molecule has 0 radical (unpaired) electrons. The largest absolute Gasteiger partial charge is 0.507 e. The van der Waals surface area contributed by atoms with Crippen molar-refractivity contribution in [1.82, 2.24) is 20.6 Å². The molecule has 0 saturated carbocycles. The number of aromatic amines is 1. The molecule has 3 heterocycles. The van der Waals surface area contributed by atoms with Crippen molar-refractivity contribution in [2.75, 3.05) is 11.9 Å². The van der Waals surface area contributed by atoms with E-state index in [4.69, 9.17) is 0 Å². The average Bonchev–Trinajstić information content (AvgIpc) is 3.37. The number of anilines is 2. The van der Waals surface area contributed by atoms with E-state index in [1.54, 1.807) is 36.5 Å². The zero-order valence-corrected chi connectivity index (χ0v) is 25.0. The van der Waals surface area contributed by atoms with Crippen molar-refractivity contribution < 1.29 is 19.1 Å². The Bertz CT molecular complexity index is 1850. The second-order valence-electron chi connectivity index (χ2n) is 11.9. The average molecular weight is 604 g/mol. The first kappa shape index (κ1) is 29.6. The van der Waals surface area contributed by atoms with Crippen molar-refractivity contribution in [2.24, 2.45) is 0 Å². The quantitative estimate of drug-likeness (QED) is 0.132. The topological polar surface area (TPSA) is 119 Å². The molecule has 2 amide bonds. The predicted octanol–water partition coefficient (Wildman–Crippen LogP) is 6.49. The molecule has 0 saturated heterocycles. The summed E-state index contributed by atoms with van der Waals surface area (Å²) in [4.78, 5) is 34.4. The molecule has 45 heavy (non-hydrogen) atoms. The SMILES string of the molecule is CC1(C)Cc2[nH]c(-c3ccnc(CC(CNC(=O)c4ccccc4O)c4ccc(F)cc4)c3)c(Nc3ccccc3)c2C(=O)N1. The van der Waals surface area contributed by atoms with E-state index in [-0.39, 0.29) is 35.5 Å². The fraction of sp³-hybridized carbons (Fsp3) is 0.194. The number of rotatable bonds is 9. The maximum Gasteiger partial charge on any atom is 0.255 e. The Balaban J connectivity index is 1.33. The summed E-state index contributed by atoms with van der Waals surface area (Å²) in [5, 5.41) is 19.6. The summed E-state index contributed by atoms with van der Waals surface area (Å²) in [6.45, 7) is 4.23. The lowest BCUT2D eigenvalue weighted by atomic mass is 9.91. The lowest BCUT2D eigenvalue weighted by Crippen LogP contribution is -2.49. The number of aromatic hydroxyl groups is 1. The Morgan fingerprint density at radius 2 is 1.76 bits per heavy atom. The highest BCUT2D eigenvalue weighted by atomic mass is 19.1. The molecule has 2 aromatic heterocycles. The molecule has 5 N–H and O–H groups in total. The van der Waals surface area contributed by atoms with E-state index in [0.717, 1.165) is 33.9 Å². The minimum atomic E-state index is -0.406. The van der Waals surface area contributed by atoms with Crippen molar-refractivity contribution in [3.05, 3.63) is 131 Å². The summed E-state index contributed by atoms with van der Waals surface area (Å²) in [5.41, 5.74) is 5.95. The van der Waals surface area contributed by atoms with Gasteiger partial charge >= 0.3 is 0 Å². The number of hydrogen-bond acceptors (Lipinski definition) is 5. The maximum atomic E-state index is 13.8. The first-order valence-corrected chi connectivity index (χ1v) is 14.8. The summed E-state index contributed by atoms with van der Waals surface area (Å²) in [5.74, 6) is -1.25. The molecule has 0 bridgehead atoms. The molecule has 9 heteroatoms. The Morgan fingerprint density at radius 1 is 1.02 bits per heavy atom. The molecular weight excluding hydrogens is 569 g/mol. The highest BCUT2D eigenvalue weighted by Gasteiger charge is 2.35. The van der Waals surface area contributed by atoms with Gasteiger partial charge in [0, 0.05) is 53.3 Å². The van der Waals surface area contributed by atoms with Gasteiger partial charge in [-0.3, -0.25) is 14.6 Å². The number of phenols is 1. The first-order valence-electron chi connectivity index (χ1n) is 14.8. The van der Waals surface area contributed by atoms with Crippen molar-refractivity contribution in [2.45, 2.75) is 38.1 Å². The van der Waals surface area contributed by atoms with Crippen LogP contribution in [0.4, 0.5) is 15.8 Å². The number of amides is 2. The second kappa shape index (κ2) is 12.3. The van der Waals surface area contributed by atoms with Crippen LogP contribution in [0.5, 0.6) is 5.75 Å². The lowest BCUT2D eigenvalue weighted by Gasteiger charge is -2.30. The van der Waals surface area contributed by atoms with Crippen LogP contribution in [0, 0.1) is 5.82 Å². The summed E-state index contributed by atoms with van der Waals surface area (Å²) < 4.78 is 13.8. The zero-order chi connectivity index (χ0) is 31.6. The Labute approximate surface area is 260 Å². The molecule has 3 aromatic carbocycles. The molecule has 0 aliphatic carbocycles. The molecule has 1 aliphatic rings. The minimum absolute atomic E-state index is 0.103. The highest BCUT2D eigenvalue weighted by Crippen LogP contribution is 2.39. The van der Waals surface area contributed by atoms with E-state index in [2.05, 4.69) is 25.9 Å². The van der Waals surface area contributed by atoms with Crippen molar-refractivity contribution >= 4 is 23.2 Å². The standard InChI is InChI=1S/C36H34FN5O3/c1-36(2)20-29-31(35(45)42-36)33(40-26-8-4-3-5-9-26)32(41-29)23-16-17-38-27(18-23)19-24(22-12-14-25(37)15-13-22)21-39-34(44)28-10-6-7-11-30(28)43/h3-18,24,40-41,43H,19-21H2,1-2H3,(H,39,44)(H,42,45). The Morgan fingerprint density at radius 3 is 2.51 bits per heavy atom. The molecule has 6 rings (SSSR count). The molecule has 0 fully saturated rings. The number of nitrogens with one attached hydrogen (secondary N) is 4. The third kappa shape index (κ3) is 6.57. The molecule has 1 aliphatic heterocycles. The van der Waals surface area contributed by atoms with Crippen LogP contribution in [0.2, 0.25) is 0 Å². The highest BCUT2D eigenvalue weighted by molar-refractivity contribution is 6.06. The van der Waals surface area contributed by atoms with Crippen LogP contribution in [0.1, 0.15) is 57.4 Å². The Kier molecular flexibility index (Phi) is 8.08. The fourth-order valence-corrected chi connectivity index (χ4v) is 5.82. The van der Waals surface area contributed by atoms with Gasteiger partial charge in [0.15, 0.2) is 0 Å².